The number of thioether (sulfide) groups is 1. The summed E-state index contributed by atoms with van der Waals surface area (Å²) in [6.07, 6.45) is 2.28. The van der Waals surface area contributed by atoms with Crippen LogP contribution in [0.4, 0.5) is 0 Å². The van der Waals surface area contributed by atoms with Crippen molar-refractivity contribution in [2.45, 2.75) is 12.5 Å². The van der Waals surface area contributed by atoms with Crippen LogP contribution in [0.15, 0.2) is 11.6 Å². The Morgan fingerprint density at radius 1 is 1.83 bits per heavy atom. The van der Waals surface area contributed by atoms with Crippen LogP contribution in [-0.2, 0) is 9.59 Å². The maximum Gasteiger partial charge on any atom is 0.305 e. The molecule has 0 aromatic rings. The van der Waals surface area contributed by atoms with Crippen LogP contribution in [0.25, 0.3) is 0 Å². The van der Waals surface area contributed by atoms with Gasteiger partial charge in [-0.25, -0.2) is 0 Å². The van der Waals surface area contributed by atoms with Gasteiger partial charge in [0.2, 0.25) is 0 Å². The molecule has 0 aromatic heterocycles. The number of hydrogen-bond acceptors (Lipinski definition) is 4. The lowest BCUT2D eigenvalue weighted by atomic mass is 10.2. The van der Waals surface area contributed by atoms with Gasteiger partial charge in [-0.15, -0.1) is 11.8 Å². The van der Waals surface area contributed by atoms with Gasteiger partial charge in [0.15, 0.2) is 0 Å². The molecule has 4 nitrogen and oxygen atoms in total. The van der Waals surface area contributed by atoms with Gasteiger partial charge in [0, 0.05) is 6.20 Å². The van der Waals surface area contributed by atoms with Crippen molar-refractivity contribution < 1.29 is 14.7 Å². The van der Waals surface area contributed by atoms with E-state index in [9.17, 15) is 9.59 Å². The third-order valence-corrected chi connectivity index (χ3v) is 2.30. The van der Waals surface area contributed by atoms with E-state index in [4.69, 9.17) is 5.11 Å². The molecule has 1 rings (SSSR count). The summed E-state index contributed by atoms with van der Waals surface area (Å²) in [4.78, 5) is 22.5. The first-order valence-electron chi connectivity index (χ1n) is 3.45. The molecule has 1 unspecified atom stereocenters. The Kier molecular flexibility index (Phi) is 3.16. The molecule has 0 bridgehead atoms. The van der Waals surface area contributed by atoms with Crippen molar-refractivity contribution in [3.63, 3.8) is 0 Å². The molecule has 0 fully saturated rings. The number of rotatable bonds is 4. The van der Waals surface area contributed by atoms with Gasteiger partial charge in [-0.1, -0.05) is 0 Å². The lowest BCUT2D eigenvalue weighted by Gasteiger charge is -2.20. The standard InChI is InChI=1S/C7H9NO3S/c9-4-6(3-7(10)11)8-1-2-12-5-8/h1-2,4,6H,3,5H2,(H,10,11). The summed E-state index contributed by atoms with van der Waals surface area (Å²) in [6, 6.07) is -0.520. The largest absolute Gasteiger partial charge is 0.481 e. The lowest BCUT2D eigenvalue weighted by molar-refractivity contribution is -0.139. The highest BCUT2D eigenvalue weighted by Gasteiger charge is 2.19. The van der Waals surface area contributed by atoms with Crippen LogP contribution in [0.2, 0.25) is 0 Å². The second kappa shape index (κ2) is 4.15. The van der Waals surface area contributed by atoms with Crippen LogP contribution >= 0.6 is 11.8 Å². The van der Waals surface area contributed by atoms with Gasteiger partial charge in [-0.3, -0.25) is 4.79 Å². The van der Waals surface area contributed by atoms with Crippen molar-refractivity contribution in [3.05, 3.63) is 11.6 Å². The highest BCUT2D eigenvalue weighted by Crippen LogP contribution is 2.18. The maximum atomic E-state index is 10.5. The molecule has 0 aromatic carbocycles. The highest BCUT2D eigenvalue weighted by molar-refractivity contribution is 8.02. The molecule has 0 spiro atoms. The second-order valence-electron chi connectivity index (χ2n) is 2.40. The Balaban J connectivity index is 2.49. The van der Waals surface area contributed by atoms with Crippen LogP contribution in [0.5, 0.6) is 0 Å². The summed E-state index contributed by atoms with van der Waals surface area (Å²) in [6.45, 7) is 0. The van der Waals surface area contributed by atoms with Gasteiger partial charge in [0.25, 0.3) is 0 Å². The van der Waals surface area contributed by atoms with Crippen LogP contribution in [0.1, 0.15) is 6.42 Å². The first-order valence-corrected chi connectivity index (χ1v) is 4.50. The predicted octanol–water partition coefficient (Wildman–Crippen LogP) is 0.506. The smallest absolute Gasteiger partial charge is 0.305 e. The Morgan fingerprint density at radius 3 is 3.00 bits per heavy atom. The number of hydrogen-bond donors (Lipinski definition) is 1. The normalized spacial score (nSPS) is 17.8. The van der Waals surface area contributed by atoms with Crippen molar-refractivity contribution in [1.82, 2.24) is 4.90 Å². The van der Waals surface area contributed by atoms with E-state index in [1.54, 1.807) is 22.9 Å². The zero-order valence-electron chi connectivity index (χ0n) is 6.34. The Hall–Kier alpha value is -0.970. The van der Waals surface area contributed by atoms with Crippen LogP contribution in [0.3, 0.4) is 0 Å². The highest BCUT2D eigenvalue weighted by atomic mass is 32.2. The Bertz CT molecular complexity index is 217. The molecule has 1 heterocycles. The van der Waals surface area contributed by atoms with Gasteiger partial charge in [0.05, 0.1) is 18.3 Å². The van der Waals surface area contributed by atoms with E-state index in [1.165, 1.54) is 0 Å². The van der Waals surface area contributed by atoms with Gasteiger partial charge >= 0.3 is 5.97 Å². The summed E-state index contributed by atoms with van der Waals surface area (Å²) >= 11 is 1.55. The molecule has 1 atom stereocenters. The monoisotopic (exact) mass is 187 g/mol. The topological polar surface area (TPSA) is 57.6 Å². The zero-order chi connectivity index (χ0) is 8.97. The van der Waals surface area contributed by atoms with Crippen LogP contribution < -0.4 is 0 Å². The SMILES string of the molecule is O=CC(CC(=O)O)N1C=CSC1. The number of carbonyl (C=O) groups excluding carboxylic acids is 1. The molecule has 0 aliphatic carbocycles. The summed E-state index contributed by atoms with van der Waals surface area (Å²) in [5.41, 5.74) is 0. The summed E-state index contributed by atoms with van der Waals surface area (Å²) in [5, 5.41) is 10.3. The second-order valence-corrected chi connectivity index (χ2v) is 3.26. The number of carbonyl (C=O) groups is 2. The fraction of sp³-hybridized carbons (Fsp3) is 0.429. The first-order chi connectivity index (χ1) is 5.74. The molecule has 0 saturated carbocycles. The number of aliphatic carboxylic acids is 1. The van der Waals surface area contributed by atoms with E-state index in [1.807, 2.05) is 5.41 Å². The van der Waals surface area contributed by atoms with E-state index in [0.29, 0.717) is 12.2 Å². The van der Waals surface area contributed by atoms with Gasteiger partial charge in [0.1, 0.15) is 6.29 Å². The molecule has 5 heteroatoms. The van der Waals surface area contributed by atoms with E-state index >= 15 is 0 Å². The molecular formula is C7H9NO3S. The lowest BCUT2D eigenvalue weighted by Crippen LogP contribution is -2.32. The number of carboxylic acid groups (broad SMARTS) is 1. The number of carboxylic acids is 1. The van der Waals surface area contributed by atoms with Crippen molar-refractivity contribution in [3.8, 4) is 0 Å². The van der Waals surface area contributed by atoms with Gasteiger partial charge < -0.3 is 14.8 Å². The first kappa shape index (κ1) is 9.12. The molecule has 1 N–H and O–H groups in total. The summed E-state index contributed by atoms with van der Waals surface area (Å²) in [5.74, 6) is -0.283. The summed E-state index contributed by atoms with van der Waals surface area (Å²) in [7, 11) is 0. The number of nitrogens with zero attached hydrogens (tertiary/aromatic N) is 1. The fourth-order valence-corrected chi connectivity index (χ4v) is 1.70. The predicted molar refractivity (Wildman–Crippen MR) is 45.5 cm³/mol. The van der Waals surface area contributed by atoms with Crippen LogP contribution in [0, 0.1) is 0 Å². The quantitative estimate of drug-likeness (QED) is 0.650. The van der Waals surface area contributed by atoms with Crippen molar-refractivity contribution in [1.29, 1.82) is 0 Å². The minimum absolute atomic E-state index is 0.131. The minimum atomic E-state index is -0.947. The molecule has 1 aliphatic rings. The van der Waals surface area contributed by atoms with E-state index < -0.39 is 12.0 Å². The molecular weight excluding hydrogens is 178 g/mol. The van der Waals surface area contributed by atoms with Crippen molar-refractivity contribution >= 4 is 24.0 Å². The Labute approximate surface area is 74.2 Å². The van der Waals surface area contributed by atoms with Crippen molar-refractivity contribution in [2.24, 2.45) is 0 Å². The minimum Gasteiger partial charge on any atom is -0.481 e. The van der Waals surface area contributed by atoms with Gasteiger partial charge in [-0.2, -0.15) is 0 Å². The number of aldehydes is 1. The third-order valence-electron chi connectivity index (χ3n) is 1.54. The van der Waals surface area contributed by atoms with Crippen LogP contribution in [-0.4, -0.2) is 34.2 Å². The molecule has 0 radical (unpaired) electrons. The van der Waals surface area contributed by atoms with E-state index in [0.717, 1.165) is 0 Å². The molecule has 66 valence electrons. The molecule has 0 saturated heterocycles. The Morgan fingerprint density at radius 2 is 2.58 bits per heavy atom. The molecule has 12 heavy (non-hydrogen) atoms. The maximum absolute atomic E-state index is 10.5. The molecule has 0 amide bonds. The van der Waals surface area contributed by atoms with Crippen molar-refractivity contribution in [2.75, 3.05) is 5.88 Å². The summed E-state index contributed by atoms with van der Waals surface area (Å²) < 4.78 is 0. The van der Waals surface area contributed by atoms with E-state index in [-0.39, 0.29) is 6.42 Å². The van der Waals surface area contributed by atoms with Gasteiger partial charge in [-0.05, 0) is 5.41 Å². The average molecular weight is 187 g/mol. The fourth-order valence-electron chi connectivity index (χ4n) is 0.922. The van der Waals surface area contributed by atoms with E-state index in [2.05, 4.69) is 0 Å². The zero-order valence-corrected chi connectivity index (χ0v) is 7.16. The molecule has 1 aliphatic heterocycles. The third kappa shape index (κ3) is 2.27. The average Bonchev–Trinajstić information content (AvgIpc) is 2.51.